The predicted octanol–water partition coefficient (Wildman–Crippen LogP) is 2.63. The van der Waals surface area contributed by atoms with Gasteiger partial charge in [-0.05, 0) is 30.0 Å². The highest BCUT2D eigenvalue weighted by molar-refractivity contribution is 7.99. The van der Waals surface area contributed by atoms with Crippen molar-refractivity contribution in [2.75, 3.05) is 19.4 Å². The van der Waals surface area contributed by atoms with Crippen molar-refractivity contribution in [2.24, 2.45) is 0 Å². The molecule has 1 aromatic carbocycles. The Kier molecular flexibility index (Phi) is 6.03. The molecule has 1 atom stereocenters. The van der Waals surface area contributed by atoms with Crippen LogP contribution in [-0.4, -0.2) is 29.8 Å². The van der Waals surface area contributed by atoms with Crippen molar-refractivity contribution >= 4 is 11.8 Å². The Morgan fingerprint density at radius 3 is 2.41 bits per heavy atom. The lowest BCUT2D eigenvalue weighted by Gasteiger charge is -2.32. The zero-order chi connectivity index (χ0) is 12.7. The summed E-state index contributed by atoms with van der Waals surface area (Å²) in [5.41, 5.74) is 0.859. The Bertz CT molecular complexity index is 309. The zero-order valence-corrected chi connectivity index (χ0v) is 11.8. The van der Waals surface area contributed by atoms with Crippen LogP contribution < -0.4 is 5.32 Å². The van der Waals surface area contributed by atoms with Crippen LogP contribution >= 0.6 is 11.8 Å². The molecule has 0 fully saturated rings. The molecule has 0 spiro atoms. The number of likely N-dealkylation sites (N-methyl/N-ethyl adjacent to an activating group) is 1. The van der Waals surface area contributed by atoms with Crippen molar-refractivity contribution in [1.29, 1.82) is 0 Å². The first-order chi connectivity index (χ1) is 8.14. The first-order valence-corrected chi connectivity index (χ1v) is 7.16. The molecule has 1 aromatic rings. The third-order valence-corrected chi connectivity index (χ3v) is 4.16. The quantitative estimate of drug-likeness (QED) is 0.783. The summed E-state index contributed by atoms with van der Waals surface area (Å²) in [7, 11) is 1.92. The average Bonchev–Trinajstić information content (AvgIpc) is 2.36. The molecule has 1 rings (SSSR count). The molecular weight excluding hydrogens is 230 g/mol. The van der Waals surface area contributed by atoms with E-state index in [1.54, 1.807) is 0 Å². The number of aliphatic hydroxyl groups is 1. The highest BCUT2D eigenvalue weighted by atomic mass is 32.2. The zero-order valence-electron chi connectivity index (χ0n) is 10.9. The lowest BCUT2D eigenvalue weighted by molar-refractivity contribution is 0.165. The number of thioether (sulfide) groups is 1. The molecule has 1 unspecified atom stereocenters. The van der Waals surface area contributed by atoms with E-state index in [2.05, 4.69) is 31.3 Å². The number of hydrogen-bond donors (Lipinski definition) is 2. The maximum Gasteiger partial charge on any atom is 0.0674 e. The first-order valence-electron chi connectivity index (χ1n) is 6.11. The summed E-state index contributed by atoms with van der Waals surface area (Å²) < 4.78 is 0. The van der Waals surface area contributed by atoms with Crippen molar-refractivity contribution in [1.82, 2.24) is 5.32 Å². The second-order valence-corrected chi connectivity index (χ2v) is 6.21. The van der Waals surface area contributed by atoms with Gasteiger partial charge >= 0.3 is 0 Å². The molecule has 0 aromatic heterocycles. The van der Waals surface area contributed by atoms with E-state index in [1.165, 1.54) is 0 Å². The summed E-state index contributed by atoms with van der Waals surface area (Å²) in [4.78, 5) is 0. The molecule has 0 amide bonds. The minimum Gasteiger partial charge on any atom is -0.394 e. The molecule has 0 saturated carbocycles. The molecule has 0 bridgehead atoms. The second kappa shape index (κ2) is 7.04. The minimum atomic E-state index is -0.302. The molecule has 0 radical (unpaired) electrons. The summed E-state index contributed by atoms with van der Waals surface area (Å²) in [6, 6.07) is 10.2. The van der Waals surface area contributed by atoms with Gasteiger partial charge < -0.3 is 10.4 Å². The van der Waals surface area contributed by atoms with Crippen LogP contribution in [0, 0.1) is 0 Å². The number of nitrogens with one attached hydrogen (secondary N) is 1. The maximum absolute atomic E-state index is 9.72. The summed E-state index contributed by atoms with van der Waals surface area (Å²) >= 11 is 1.93. The molecule has 3 heteroatoms. The summed E-state index contributed by atoms with van der Waals surface area (Å²) in [5, 5.41) is 13.7. The van der Waals surface area contributed by atoms with Gasteiger partial charge in [-0.3, -0.25) is 0 Å². The van der Waals surface area contributed by atoms with E-state index < -0.39 is 0 Å². The van der Waals surface area contributed by atoms with E-state index >= 15 is 0 Å². The van der Waals surface area contributed by atoms with Crippen LogP contribution in [0.4, 0.5) is 0 Å². The smallest absolute Gasteiger partial charge is 0.0674 e. The normalized spacial score (nSPS) is 14.9. The van der Waals surface area contributed by atoms with E-state index in [0.717, 1.165) is 17.7 Å². The standard InChI is InChI=1S/C14H23NOS/c1-12(2)17-10-9-14(11-16,15-3)13-7-5-4-6-8-13/h4-8,12,15-16H,9-11H2,1-3H3. The molecule has 0 saturated heterocycles. The summed E-state index contributed by atoms with van der Waals surface area (Å²) in [6.45, 7) is 4.53. The van der Waals surface area contributed by atoms with Crippen molar-refractivity contribution in [3.8, 4) is 0 Å². The van der Waals surface area contributed by atoms with E-state index in [-0.39, 0.29) is 12.1 Å². The van der Waals surface area contributed by atoms with Crippen LogP contribution in [0.1, 0.15) is 25.8 Å². The fourth-order valence-electron chi connectivity index (χ4n) is 1.89. The van der Waals surface area contributed by atoms with Gasteiger partial charge in [-0.25, -0.2) is 0 Å². The third-order valence-electron chi connectivity index (χ3n) is 3.05. The van der Waals surface area contributed by atoms with Crippen LogP contribution in [0.2, 0.25) is 0 Å². The Labute approximate surface area is 109 Å². The fraction of sp³-hybridized carbons (Fsp3) is 0.571. The number of aliphatic hydroxyl groups excluding tert-OH is 1. The van der Waals surface area contributed by atoms with E-state index in [9.17, 15) is 5.11 Å². The number of rotatable bonds is 7. The third kappa shape index (κ3) is 4.02. The van der Waals surface area contributed by atoms with Gasteiger partial charge in [0.25, 0.3) is 0 Å². The number of hydrogen-bond acceptors (Lipinski definition) is 3. The van der Waals surface area contributed by atoms with Crippen LogP contribution in [0.3, 0.4) is 0 Å². The first kappa shape index (κ1) is 14.6. The molecule has 2 N–H and O–H groups in total. The van der Waals surface area contributed by atoms with Gasteiger partial charge in [0.05, 0.1) is 12.1 Å². The van der Waals surface area contributed by atoms with Crippen LogP contribution in [0.25, 0.3) is 0 Å². The molecule has 0 aliphatic rings. The fourth-order valence-corrected chi connectivity index (χ4v) is 2.83. The van der Waals surface area contributed by atoms with Gasteiger partial charge in [0.15, 0.2) is 0 Å². The minimum absolute atomic E-state index is 0.131. The van der Waals surface area contributed by atoms with Crippen molar-refractivity contribution in [3.63, 3.8) is 0 Å². The molecule has 17 heavy (non-hydrogen) atoms. The van der Waals surface area contributed by atoms with Crippen molar-refractivity contribution in [2.45, 2.75) is 31.1 Å². The SMILES string of the molecule is CNC(CO)(CCSC(C)C)c1ccccc1. The van der Waals surface area contributed by atoms with Crippen LogP contribution in [0.5, 0.6) is 0 Å². The van der Waals surface area contributed by atoms with Crippen LogP contribution in [-0.2, 0) is 5.54 Å². The largest absolute Gasteiger partial charge is 0.394 e. The van der Waals surface area contributed by atoms with Crippen molar-refractivity contribution < 1.29 is 5.11 Å². The van der Waals surface area contributed by atoms with Crippen LogP contribution in [0.15, 0.2) is 30.3 Å². The molecular formula is C14H23NOS. The maximum atomic E-state index is 9.72. The number of benzene rings is 1. The van der Waals surface area contributed by atoms with Gasteiger partial charge in [-0.2, -0.15) is 11.8 Å². The summed E-state index contributed by atoms with van der Waals surface area (Å²) in [6.07, 6.45) is 0.937. The summed E-state index contributed by atoms with van der Waals surface area (Å²) in [5.74, 6) is 1.05. The highest BCUT2D eigenvalue weighted by Gasteiger charge is 2.28. The molecule has 96 valence electrons. The molecule has 0 heterocycles. The predicted molar refractivity (Wildman–Crippen MR) is 76.5 cm³/mol. The van der Waals surface area contributed by atoms with Crippen molar-refractivity contribution in [3.05, 3.63) is 35.9 Å². The van der Waals surface area contributed by atoms with Gasteiger partial charge in [0, 0.05) is 0 Å². The molecule has 0 aliphatic carbocycles. The van der Waals surface area contributed by atoms with Gasteiger partial charge in [0.1, 0.15) is 0 Å². The average molecular weight is 253 g/mol. The van der Waals surface area contributed by atoms with E-state index in [1.807, 2.05) is 37.0 Å². The Morgan fingerprint density at radius 2 is 1.94 bits per heavy atom. The van der Waals surface area contributed by atoms with E-state index in [0.29, 0.717) is 5.25 Å². The van der Waals surface area contributed by atoms with Gasteiger partial charge in [0.2, 0.25) is 0 Å². The highest BCUT2D eigenvalue weighted by Crippen LogP contribution is 2.27. The molecule has 2 nitrogen and oxygen atoms in total. The topological polar surface area (TPSA) is 32.3 Å². The lowest BCUT2D eigenvalue weighted by Crippen LogP contribution is -2.44. The Morgan fingerprint density at radius 1 is 1.29 bits per heavy atom. The Hall–Kier alpha value is -0.510. The Balaban J connectivity index is 2.75. The second-order valence-electron chi connectivity index (χ2n) is 4.53. The van der Waals surface area contributed by atoms with E-state index in [4.69, 9.17) is 0 Å². The molecule has 0 aliphatic heterocycles. The monoisotopic (exact) mass is 253 g/mol. The van der Waals surface area contributed by atoms with Gasteiger partial charge in [-0.15, -0.1) is 0 Å². The lowest BCUT2D eigenvalue weighted by atomic mass is 9.88. The van der Waals surface area contributed by atoms with Gasteiger partial charge in [-0.1, -0.05) is 44.2 Å².